The lowest BCUT2D eigenvalue weighted by Gasteiger charge is -2.18. The van der Waals surface area contributed by atoms with E-state index in [-0.39, 0.29) is 5.92 Å². The Bertz CT molecular complexity index is 647. The second kappa shape index (κ2) is 5.69. The molecule has 20 heavy (non-hydrogen) atoms. The second-order valence-electron chi connectivity index (χ2n) is 4.91. The van der Waals surface area contributed by atoms with E-state index in [1.54, 1.807) is 38.2 Å². The molecular formula is C15H16N2O3. The molecule has 2 N–H and O–H groups in total. The number of carbonyl (C=O) groups is 2. The van der Waals surface area contributed by atoms with Crippen molar-refractivity contribution in [2.45, 2.75) is 19.9 Å². The highest BCUT2D eigenvalue weighted by Gasteiger charge is 2.24. The fourth-order valence-electron chi connectivity index (χ4n) is 2.02. The summed E-state index contributed by atoms with van der Waals surface area (Å²) in [6, 6.07) is 7.99. The molecule has 1 heterocycles. The van der Waals surface area contributed by atoms with Gasteiger partial charge in [-0.1, -0.05) is 32.0 Å². The molecule has 0 radical (unpaired) electrons. The maximum atomic E-state index is 12.3. The number of fused-ring (bicyclic) bond motifs is 1. The van der Waals surface area contributed by atoms with E-state index in [2.05, 4.69) is 10.3 Å². The molecule has 0 aliphatic heterocycles. The minimum Gasteiger partial charge on any atom is -0.480 e. The number of nitrogens with one attached hydrogen (secondary N) is 1. The van der Waals surface area contributed by atoms with Crippen LogP contribution in [0.25, 0.3) is 10.9 Å². The molecule has 0 aliphatic carbocycles. The van der Waals surface area contributed by atoms with Gasteiger partial charge in [0.2, 0.25) is 0 Å². The van der Waals surface area contributed by atoms with Gasteiger partial charge < -0.3 is 10.4 Å². The number of aromatic nitrogens is 1. The van der Waals surface area contributed by atoms with Crippen LogP contribution in [-0.2, 0) is 4.79 Å². The van der Waals surface area contributed by atoms with Gasteiger partial charge in [-0.3, -0.25) is 9.78 Å². The molecule has 2 aromatic rings. The summed E-state index contributed by atoms with van der Waals surface area (Å²) in [6.07, 6.45) is 1.61. The zero-order valence-electron chi connectivity index (χ0n) is 11.3. The van der Waals surface area contributed by atoms with E-state index < -0.39 is 17.9 Å². The van der Waals surface area contributed by atoms with Gasteiger partial charge in [0.1, 0.15) is 6.04 Å². The molecular weight excluding hydrogens is 256 g/mol. The Morgan fingerprint density at radius 3 is 2.55 bits per heavy atom. The monoisotopic (exact) mass is 272 g/mol. The molecule has 0 spiro atoms. The predicted octanol–water partition coefficient (Wildman–Crippen LogP) is 2.07. The van der Waals surface area contributed by atoms with Gasteiger partial charge in [-0.15, -0.1) is 0 Å². The minimum absolute atomic E-state index is 0.195. The Kier molecular flexibility index (Phi) is 3.98. The van der Waals surface area contributed by atoms with Crippen LogP contribution in [-0.4, -0.2) is 28.0 Å². The average Bonchev–Trinajstić information content (AvgIpc) is 2.43. The smallest absolute Gasteiger partial charge is 0.326 e. The Balaban J connectivity index is 2.34. The maximum absolute atomic E-state index is 12.3. The number of hydrogen-bond acceptors (Lipinski definition) is 3. The SMILES string of the molecule is CC(C)C(NC(=O)c1cccc2cccnc12)C(=O)O. The van der Waals surface area contributed by atoms with Gasteiger partial charge in [-0.05, 0) is 18.1 Å². The molecule has 1 unspecified atom stereocenters. The summed E-state index contributed by atoms with van der Waals surface area (Å²) in [6.45, 7) is 3.50. The third-order valence-electron chi connectivity index (χ3n) is 3.10. The molecule has 0 saturated carbocycles. The third-order valence-corrected chi connectivity index (χ3v) is 3.10. The summed E-state index contributed by atoms with van der Waals surface area (Å²) in [5.74, 6) is -1.66. The third kappa shape index (κ3) is 2.77. The van der Waals surface area contributed by atoms with Crippen LogP contribution in [0.2, 0.25) is 0 Å². The fraction of sp³-hybridized carbons (Fsp3) is 0.267. The van der Waals surface area contributed by atoms with E-state index in [4.69, 9.17) is 5.11 Å². The van der Waals surface area contributed by atoms with Crippen LogP contribution in [0.1, 0.15) is 24.2 Å². The highest BCUT2D eigenvalue weighted by atomic mass is 16.4. The molecule has 0 saturated heterocycles. The summed E-state index contributed by atoms with van der Waals surface area (Å²) >= 11 is 0. The van der Waals surface area contributed by atoms with E-state index in [0.717, 1.165) is 5.39 Å². The molecule has 0 bridgehead atoms. The largest absolute Gasteiger partial charge is 0.480 e. The first-order valence-corrected chi connectivity index (χ1v) is 6.38. The van der Waals surface area contributed by atoms with Crippen LogP contribution in [0.15, 0.2) is 36.5 Å². The number of amides is 1. The summed E-state index contributed by atoms with van der Waals surface area (Å²) in [7, 11) is 0. The van der Waals surface area contributed by atoms with Gasteiger partial charge in [0.25, 0.3) is 5.91 Å². The van der Waals surface area contributed by atoms with Crippen LogP contribution < -0.4 is 5.32 Å². The first-order chi connectivity index (χ1) is 9.50. The number of carboxylic acids is 1. The van der Waals surface area contributed by atoms with Crippen LogP contribution in [0.3, 0.4) is 0 Å². The molecule has 1 amide bonds. The van der Waals surface area contributed by atoms with Crippen molar-refractivity contribution in [1.82, 2.24) is 10.3 Å². The molecule has 1 aromatic carbocycles. The highest BCUT2D eigenvalue weighted by molar-refractivity contribution is 6.06. The van der Waals surface area contributed by atoms with Gasteiger partial charge in [-0.2, -0.15) is 0 Å². The Morgan fingerprint density at radius 2 is 1.90 bits per heavy atom. The number of rotatable bonds is 4. The summed E-state index contributed by atoms with van der Waals surface area (Å²) < 4.78 is 0. The number of carbonyl (C=O) groups excluding carboxylic acids is 1. The van der Waals surface area contributed by atoms with E-state index in [1.807, 2.05) is 12.1 Å². The lowest BCUT2D eigenvalue weighted by Crippen LogP contribution is -2.44. The van der Waals surface area contributed by atoms with Crippen LogP contribution in [0.4, 0.5) is 0 Å². The molecule has 1 aromatic heterocycles. The number of benzene rings is 1. The fourth-order valence-corrected chi connectivity index (χ4v) is 2.02. The van der Waals surface area contributed by atoms with E-state index in [0.29, 0.717) is 11.1 Å². The van der Waals surface area contributed by atoms with Gasteiger partial charge >= 0.3 is 5.97 Å². The van der Waals surface area contributed by atoms with E-state index in [9.17, 15) is 9.59 Å². The van der Waals surface area contributed by atoms with Gasteiger partial charge in [-0.25, -0.2) is 4.79 Å². The molecule has 5 nitrogen and oxygen atoms in total. The predicted molar refractivity (Wildman–Crippen MR) is 75.5 cm³/mol. The van der Waals surface area contributed by atoms with Crippen molar-refractivity contribution < 1.29 is 14.7 Å². The van der Waals surface area contributed by atoms with E-state index >= 15 is 0 Å². The van der Waals surface area contributed by atoms with Crippen molar-refractivity contribution in [2.24, 2.45) is 5.92 Å². The summed E-state index contributed by atoms with van der Waals surface area (Å²) in [5, 5.41) is 12.5. The maximum Gasteiger partial charge on any atom is 0.326 e. The Labute approximate surface area is 116 Å². The number of para-hydroxylation sites is 1. The average molecular weight is 272 g/mol. The van der Waals surface area contributed by atoms with Crippen molar-refractivity contribution in [1.29, 1.82) is 0 Å². The number of pyridine rings is 1. The van der Waals surface area contributed by atoms with Crippen molar-refractivity contribution in [2.75, 3.05) is 0 Å². The van der Waals surface area contributed by atoms with Crippen LogP contribution >= 0.6 is 0 Å². The minimum atomic E-state index is -1.04. The summed E-state index contributed by atoms with van der Waals surface area (Å²) in [5.41, 5.74) is 0.954. The van der Waals surface area contributed by atoms with Crippen LogP contribution in [0.5, 0.6) is 0 Å². The normalized spacial score (nSPS) is 12.3. The quantitative estimate of drug-likeness (QED) is 0.893. The topological polar surface area (TPSA) is 79.3 Å². The molecule has 0 aliphatic rings. The highest BCUT2D eigenvalue weighted by Crippen LogP contribution is 2.16. The van der Waals surface area contributed by atoms with Crippen molar-refractivity contribution in [3.63, 3.8) is 0 Å². The number of nitrogens with zero attached hydrogens (tertiary/aromatic N) is 1. The number of carboxylic acid groups (broad SMARTS) is 1. The number of hydrogen-bond donors (Lipinski definition) is 2. The molecule has 0 fully saturated rings. The van der Waals surface area contributed by atoms with Gasteiger partial charge in [0.05, 0.1) is 11.1 Å². The Hall–Kier alpha value is -2.43. The van der Waals surface area contributed by atoms with Gasteiger partial charge in [0.15, 0.2) is 0 Å². The van der Waals surface area contributed by atoms with Crippen molar-refractivity contribution in [3.8, 4) is 0 Å². The lowest BCUT2D eigenvalue weighted by molar-refractivity contribution is -0.140. The molecule has 5 heteroatoms. The van der Waals surface area contributed by atoms with E-state index in [1.165, 1.54) is 0 Å². The zero-order chi connectivity index (χ0) is 14.7. The standard InChI is InChI=1S/C15H16N2O3/c1-9(2)12(15(19)20)17-14(18)11-7-3-5-10-6-4-8-16-13(10)11/h3-9,12H,1-2H3,(H,17,18)(H,19,20). The molecule has 104 valence electrons. The van der Waals surface area contributed by atoms with Crippen molar-refractivity contribution >= 4 is 22.8 Å². The first kappa shape index (κ1) is 14.0. The summed E-state index contributed by atoms with van der Waals surface area (Å²) in [4.78, 5) is 27.6. The zero-order valence-corrected chi connectivity index (χ0v) is 11.3. The van der Waals surface area contributed by atoms with Crippen molar-refractivity contribution in [3.05, 3.63) is 42.1 Å². The molecule has 1 atom stereocenters. The first-order valence-electron chi connectivity index (χ1n) is 6.38. The van der Waals surface area contributed by atoms with Crippen LogP contribution in [0, 0.1) is 5.92 Å². The second-order valence-corrected chi connectivity index (χ2v) is 4.91. The van der Waals surface area contributed by atoms with Gasteiger partial charge in [0, 0.05) is 11.6 Å². The number of aliphatic carboxylic acids is 1. The Morgan fingerprint density at radius 1 is 1.20 bits per heavy atom. The lowest BCUT2D eigenvalue weighted by atomic mass is 10.0. The molecule has 2 rings (SSSR count).